The average Bonchev–Trinajstić information content (AvgIpc) is 3.96. The van der Waals surface area contributed by atoms with Gasteiger partial charge in [0.15, 0.2) is 11.4 Å². The molecule has 12 aromatic rings. The van der Waals surface area contributed by atoms with Gasteiger partial charge in [0, 0.05) is 27.1 Å². The molecule has 0 saturated carbocycles. The summed E-state index contributed by atoms with van der Waals surface area (Å²) in [5.74, 6) is 0. The first-order valence-electron chi connectivity index (χ1n) is 24.4. The summed E-state index contributed by atoms with van der Waals surface area (Å²) in [7, 11) is 0. The number of benzene rings is 10. The highest BCUT2D eigenvalue weighted by atomic mass is 19.4. The highest BCUT2D eigenvalue weighted by Crippen LogP contribution is 2.48. The van der Waals surface area contributed by atoms with E-state index in [2.05, 4.69) is 34.0 Å². The summed E-state index contributed by atoms with van der Waals surface area (Å²) in [5.41, 5.74) is 11.8. The first kappa shape index (κ1) is 46.6. The predicted molar refractivity (Wildman–Crippen MR) is 299 cm³/mol. The fraction of sp³-hybridized carbons (Fsp3) is 0.0448. The Balaban J connectivity index is 1.25. The van der Waals surface area contributed by atoms with Gasteiger partial charge in [0.25, 0.3) is 0 Å². The van der Waals surface area contributed by atoms with E-state index < -0.39 is 11.7 Å². The van der Waals surface area contributed by atoms with Gasteiger partial charge in [-0.25, -0.2) is 9.69 Å². The second-order valence-corrected chi connectivity index (χ2v) is 18.8. The molecule has 76 heavy (non-hydrogen) atoms. The molecular weight excluding hydrogens is 946 g/mol. The van der Waals surface area contributed by atoms with Gasteiger partial charge in [-0.3, -0.25) is 0 Å². The quantitative estimate of drug-likeness (QED) is 0.149. The fourth-order valence-electron chi connectivity index (χ4n) is 11.1. The van der Waals surface area contributed by atoms with Crippen molar-refractivity contribution in [2.45, 2.75) is 20.0 Å². The second kappa shape index (κ2) is 18.2. The molecule has 0 N–H and O–H groups in total. The van der Waals surface area contributed by atoms with E-state index >= 15 is 13.2 Å². The molecule has 2 heterocycles. The zero-order valence-electron chi connectivity index (χ0n) is 40.9. The van der Waals surface area contributed by atoms with Crippen LogP contribution in [-0.2, 0) is 6.18 Å². The zero-order valence-corrected chi connectivity index (χ0v) is 40.9. The lowest BCUT2D eigenvalue weighted by molar-refractivity contribution is -0.137. The Morgan fingerprint density at radius 1 is 0.408 bits per heavy atom. The van der Waals surface area contributed by atoms with Gasteiger partial charge in [-0.05, 0) is 124 Å². The normalized spacial score (nSPS) is 11.4. The first-order chi connectivity index (χ1) is 37.0. The Morgan fingerprint density at radius 2 is 0.829 bits per heavy atom. The molecule has 0 aliphatic heterocycles. The van der Waals surface area contributed by atoms with E-state index in [0.29, 0.717) is 72.6 Å². The molecule has 0 amide bonds. The van der Waals surface area contributed by atoms with Crippen molar-refractivity contribution >= 4 is 55.0 Å². The van der Waals surface area contributed by atoms with Crippen LogP contribution >= 0.6 is 0 Å². The summed E-state index contributed by atoms with van der Waals surface area (Å²) >= 11 is 0. The van der Waals surface area contributed by atoms with Crippen LogP contribution in [0.3, 0.4) is 0 Å². The van der Waals surface area contributed by atoms with Crippen molar-refractivity contribution in [3.05, 3.63) is 251 Å². The molecular formula is C67H39F3N6. The zero-order chi connectivity index (χ0) is 52.4. The number of hydrogen-bond acceptors (Lipinski definition) is 2. The number of fused-ring (bicyclic) bond motifs is 6. The molecule has 0 aliphatic carbocycles. The van der Waals surface area contributed by atoms with Crippen LogP contribution in [0.4, 0.5) is 24.5 Å². The minimum atomic E-state index is -4.79. The maximum Gasteiger partial charge on any atom is 0.417 e. The highest BCUT2D eigenvalue weighted by molar-refractivity contribution is 6.14. The van der Waals surface area contributed by atoms with Crippen molar-refractivity contribution in [2.24, 2.45) is 0 Å². The van der Waals surface area contributed by atoms with Crippen molar-refractivity contribution in [3.63, 3.8) is 0 Å². The van der Waals surface area contributed by atoms with Crippen molar-refractivity contribution in [2.75, 3.05) is 0 Å². The Labute approximate surface area is 435 Å². The van der Waals surface area contributed by atoms with Crippen LogP contribution in [0, 0.1) is 49.7 Å². The number of alkyl halides is 3. The van der Waals surface area contributed by atoms with Crippen LogP contribution in [0.5, 0.6) is 0 Å². The topological polar surface area (TPSA) is 66.2 Å². The van der Waals surface area contributed by atoms with Crippen LogP contribution in [0.2, 0.25) is 0 Å². The van der Waals surface area contributed by atoms with E-state index in [1.54, 1.807) is 49.4 Å². The van der Waals surface area contributed by atoms with Gasteiger partial charge in [0.05, 0.1) is 69.3 Å². The monoisotopic (exact) mass is 984 g/mol. The average molecular weight is 985 g/mol. The Kier molecular flexibility index (Phi) is 11.2. The largest absolute Gasteiger partial charge is 0.417 e. The lowest BCUT2D eigenvalue weighted by atomic mass is 9.91. The molecule has 358 valence electrons. The summed E-state index contributed by atoms with van der Waals surface area (Å²) in [6.45, 7) is 19.8. The molecule has 0 radical (unpaired) electrons. The van der Waals surface area contributed by atoms with Crippen LogP contribution in [0.25, 0.3) is 120 Å². The number of hydrogen-bond donors (Lipinski definition) is 0. The van der Waals surface area contributed by atoms with Crippen molar-refractivity contribution in [3.8, 4) is 79.1 Å². The van der Waals surface area contributed by atoms with Crippen molar-refractivity contribution < 1.29 is 13.2 Å². The standard InChI is InChI=1S/C67H39F3N6/c1-40-14-5-7-17-48(40)42-24-28-54-55-31-27-45(51-20-10-12-23-59(51)74-4)35-64(55)76(63(54)32-42)65-36-47(39-72)60(37-56(65)66-41(2)15-13-21-57(66)67(68,69)70)75-61-33-43(49-18-8-6-16-46(49)38-71)25-29-52(61)53-30-26-44(34-62(53)75)50-19-9-11-22-58(50)73-3/h5-37H,1-2H3. The van der Waals surface area contributed by atoms with Gasteiger partial charge in [-0.1, -0.05) is 152 Å². The Hall–Kier alpha value is -10.5. The third-order valence-electron chi connectivity index (χ3n) is 14.6. The van der Waals surface area contributed by atoms with Crippen LogP contribution < -0.4 is 0 Å². The van der Waals surface area contributed by atoms with E-state index in [-0.39, 0.29) is 16.7 Å². The molecule has 0 spiro atoms. The third kappa shape index (κ3) is 7.54. The molecule has 10 aromatic carbocycles. The SMILES string of the molecule is [C-]#[N+]c1ccccc1-c1ccc2c3ccc(-c4ccccc4C#N)cc3n(-c3cc(-c4c(C)cccc4C(F)(F)F)c(-n4c5cc(-c6ccccc6C)ccc5c5ccc(-c6ccccc6[N+]#[C-])cc54)cc3C#N)c2c1. The summed E-state index contributed by atoms with van der Waals surface area (Å²) in [6.07, 6.45) is -4.79. The smallest absolute Gasteiger partial charge is 0.309 e. The minimum Gasteiger partial charge on any atom is -0.309 e. The maximum atomic E-state index is 15.8. The summed E-state index contributed by atoms with van der Waals surface area (Å²) < 4.78 is 51.4. The molecule has 0 unspecified atom stereocenters. The lowest BCUT2D eigenvalue weighted by Crippen LogP contribution is -2.10. The molecule has 0 aliphatic rings. The van der Waals surface area contributed by atoms with Gasteiger partial charge in [-0.15, -0.1) is 0 Å². The molecule has 0 atom stereocenters. The Morgan fingerprint density at radius 3 is 1.32 bits per heavy atom. The highest BCUT2D eigenvalue weighted by Gasteiger charge is 2.36. The summed E-state index contributed by atoms with van der Waals surface area (Å²) in [5, 5.41) is 25.1. The predicted octanol–water partition coefficient (Wildman–Crippen LogP) is 18.7. The summed E-state index contributed by atoms with van der Waals surface area (Å²) in [6, 6.07) is 66.3. The molecule has 0 saturated heterocycles. The number of rotatable bonds is 7. The number of nitrogens with zero attached hydrogens (tertiary/aromatic N) is 6. The number of aromatic nitrogens is 2. The molecule has 9 heteroatoms. The number of aryl methyl sites for hydroxylation is 2. The van der Waals surface area contributed by atoms with Gasteiger partial charge in [0.1, 0.15) is 6.07 Å². The Bertz CT molecular complexity index is 4490. The fourth-order valence-corrected chi connectivity index (χ4v) is 11.1. The lowest BCUT2D eigenvalue weighted by Gasteiger charge is -2.22. The number of nitriles is 2. The molecule has 12 rings (SSSR count). The number of para-hydroxylation sites is 2. The minimum absolute atomic E-state index is 0.0496. The van der Waals surface area contributed by atoms with E-state index in [0.717, 1.165) is 61.0 Å². The maximum absolute atomic E-state index is 15.8. The van der Waals surface area contributed by atoms with E-state index in [9.17, 15) is 10.5 Å². The molecule has 0 fully saturated rings. The van der Waals surface area contributed by atoms with Gasteiger partial charge in [0.2, 0.25) is 0 Å². The van der Waals surface area contributed by atoms with Crippen LogP contribution in [0.1, 0.15) is 27.8 Å². The van der Waals surface area contributed by atoms with E-state index in [4.69, 9.17) is 13.1 Å². The van der Waals surface area contributed by atoms with Gasteiger partial charge >= 0.3 is 6.18 Å². The second-order valence-electron chi connectivity index (χ2n) is 18.8. The van der Waals surface area contributed by atoms with Crippen molar-refractivity contribution in [1.82, 2.24) is 9.13 Å². The molecule has 0 bridgehead atoms. The summed E-state index contributed by atoms with van der Waals surface area (Å²) in [4.78, 5) is 7.66. The third-order valence-corrected chi connectivity index (χ3v) is 14.6. The van der Waals surface area contributed by atoms with Crippen LogP contribution in [0.15, 0.2) is 200 Å². The van der Waals surface area contributed by atoms with E-state index in [1.165, 1.54) is 6.07 Å². The number of halogens is 3. The van der Waals surface area contributed by atoms with Crippen molar-refractivity contribution in [1.29, 1.82) is 10.5 Å². The van der Waals surface area contributed by atoms with Gasteiger partial charge in [-0.2, -0.15) is 23.7 Å². The molecule has 2 aromatic heterocycles. The molecule has 6 nitrogen and oxygen atoms in total. The van der Waals surface area contributed by atoms with Gasteiger partial charge < -0.3 is 9.13 Å². The van der Waals surface area contributed by atoms with Crippen LogP contribution in [-0.4, -0.2) is 9.13 Å². The van der Waals surface area contributed by atoms with E-state index in [1.807, 2.05) is 150 Å². The first-order valence-corrected chi connectivity index (χ1v) is 24.4.